The molecule has 0 saturated heterocycles. The lowest BCUT2D eigenvalue weighted by molar-refractivity contribution is -0.125. The molecule has 4 nitrogen and oxygen atoms in total. The molecule has 2 aliphatic carbocycles. The molecule has 1 heterocycles. The third-order valence-electron chi connectivity index (χ3n) is 4.51. The SMILES string of the molecule is N[C@@H]1C[C@@H]2CC(C(=O)NCc3ncccc3Br)C[C@@H]21. The monoisotopic (exact) mass is 323 g/mol. The normalized spacial score (nSPS) is 32.5. The Kier molecular flexibility index (Phi) is 3.58. The van der Waals surface area contributed by atoms with E-state index in [9.17, 15) is 4.79 Å². The van der Waals surface area contributed by atoms with Crippen LogP contribution in [0.5, 0.6) is 0 Å². The number of nitrogens with one attached hydrogen (secondary N) is 1. The molecule has 4 atom stereocenters. The zero-order valence-corrected chi connectivity index (χ0v) is 12.3. The van der Waals surface area contributed by atoms with Gasteiger partial charge in [-0.2, -0.15) is 0 Å². The van der Waals surface area contributed by atoms with E-state index in [-0.39, 0.29) is 11.8 Å². The van der Waals surface area contributed by atoms with Gasteiger partial charge >= 0.3 is 0 Å². The Morgan fingerprint density at radius 3 is 3.00 bits per heavy atom. The van der Waals surface area contributed by atoms with Crippen LogP contribution < -0.4 is 11.1 Å². The molecule has 5 heteroatoms. The molecule has 2 saturated carbocycles. The summed E-state index contributed by atoms with van der Waals surface area (Å²) in [6.07, 6.45) is 4.80. The largest absolute Gasteiger partial charge is 0.350 e. The Morgan fingerprint density at radius 1 is 1.47 bits per heavy atom. The van der Waals surface area contributed by atoms with E-state index in [2.05, 4.69) is 26.2 Å². The number of carbonyl (C=O) groups is 1. The summed E-state index contributed by atoms with van der Waals surface area (Å²) >= 11 is 3.44. The van der Waals surface area contributed by atoms with Crippen molar-refractivity contribution in [3.8, 4) is 0 Å². The van der Waals surface area contributed by atoms with Crippen LogP contribution in [0.4, 0.5) is 0 Å². The van der Waals surface area contributed by atoms with Crippen molar-refractivity contribution < 1.29 is 4.79 Å². The zero-order chi connectivity index (χ0) is 13.4. The van der Waals surface area contributed by atoms with Crippen molar-refractivity contribution in [3.63, 3.8) is 0 Å². The lowest BCUT2D eigenvalue weighted by Crippen LogP contribution is -2.44. The summed E-state index contributed by atoms with van der Waals surface area (Å²) in [6.45, 7) is 0.484. The molecule has 2 aliphatic rings. The summed E-state index contributed by atoms with van der Waals surface area (Å²) in [6, 6.07) is 4.13. The van der Waals surface area contributed by atoms with E-state index in [4.69, 9.17) is 5.73 Å². The summed E-state index contributed by atoms with van der Waals surface area (Å²) in [5, 5.41) is 2.99. The second-order valence-corrected chi connectivity index (χ2v) is 6.50. The molecule has 0 spiro atoms. The van der Waals surface area contributed by atoms with Crippen molar-refractivity contribution in [1.82, 2.24) is 10.3 Å². The molecule has 0 radical (unpaired) electrons. The van der Waals surface area contributed by atoms with Crippen LogP contribution in [0.1, 0.15) is 25.0 Å². The molecule has 0 bridgehead atoms. The number of rotatable bonds is 3. The molecule has 1 aromatic heterocycles. The Balaban J connectivity index is 1.54. The molecule has 0 aromatic carbocycles. The average Bonchev–Trinajstić information content (AvgIpc) is 2.75. The quantitative estimate of drug-likeness (QED) is 0.891. The number of fused-ring (bicyclic) bond motifs is 1. The van der Waals surface area contributed by atoms with Crippen LogP contribution in [0.2, 0.25) is 0 Å². The number of amides is 1. The highest BCUT2D eigenvalue weighted by Gasteiger charge is 2.47. The van der Waals surface area contributed by atoms with Crippen LogP contribution in [0, 0.1) is 17.8 Å². The van der Waals surface area contributed by atoms with Gasteiger partial charge in [-0.25, -0.2) is 0 Å². The topological polar surface area (TPSA) is 68.0 Å². The highest BCUT2D eigenvalue weighted by Crippen LogP contribution is 2.48. The first-order chi connectivity index (χ1) is 9.15. The first-order valence-corrected chi connectivity index (χ1v) is 7.57. The minimum absolute atomic E-state index is 0.144. The second-order valence-electron chi connectivity index (χ2n) is 5.64. The molecule has 1 aromatic rings. The standard InChI is InChI=1S/C14H18BrN3O/c15-11-2-1-3-17-13(11)7-18-14(19)9-4-8-6-12(16)10(8)5-9/h1-3,8-10,12H,4-7,16H2,(H,18,19)/t8-,9?,10-,12+/m0/s1. The summed E-state index contributed by atoms with van der Waals surface area (Å²) in [4.78, 5) is 16.4. The minimum atomic E-state index is 0.144. The number of halogens is 1. The van der Waals surface area contributed by atoms with Gasteiger partial charge in [0.05, 0.1) is 12.2 Å². The predicted molar refractivity (Wildman–Crippen MR) is 76.1 cm³/mol. The van der Waals surface area contributed by atoms with Crippen LogP contribution in [0.25, 0.3) is 0 Å². The van der Waals surface area contributed by atoms with Crippen molar-refractivity contribution in [2.24, 2.45) is 23.5 Å². The molecule has 1 amide bonds. The Bertz CT molecular complexity index is 493. The number of hydrogen-bond donors (Lipinski definition) is 2. The van der Waals surface area contributed by atoms with Crippen LogP contribution in [0.3, 0.4) is 0 Å². The van der Waals surface area contributed by atoms with Gasteiger partial charge in [-0.1, -0.05) is 0 Å². The molecule has 3 N–H and O–H groups in total. The number of hydrogen-bond acceptors (Lipinski definition) is 3. The Hall–Kier alpha value is -0.940. The zero-order valence-electron chi connectivity index (χ0n) is 10.7. The minimum Gasteiger partial charge on any atom is -0.350 e. The average molecular weight is 324 g/mol. The first-order valence-electron chi connectivity index (χ1n) is 6.78. The van der Waals surface area contributed by atoms with E-state index in [1.165, 1.54) is 0 Å². The van der Waals surface area contributed by atoms with Gasteiger partial charge in [-0.3, -0.25) is 9.78 Å². The van der Waals surface area contributed by atoms with Crippen LogP contribution in [-0.4, -0.2) is 16.9 Å². The molecule has 102 valence electrons. The maximum absolute atomic E-state index is 12.2. The molecule has 0 aliphatic heterocycles. The lowest BCUT2D eigenvalue weighted by atomic mass is 9.72. The van der Waals surface area contributed by atoms with Gasteiger partial charge in [0.25, 0.3) is 0 Å². The van der Waals surface area contributed by atoms with Crippen LogP contribution >= 0.6 is 15.9 Å². The summed E-state index contributed by atoms with van der Waals surface area (Å²) in [7, 11) is 0. The predicted octanol–water partition coefficient (Wildman–Crippen LogP) is 1.83. The molecule has 19 heavy (non-hydrogen) atoms. The van der Waals surface area contributed by atoms with Gasteiger partial charge in [0.15, 0.2) is 0 Å². The van der Waals surface area contributed by atoms with E-state index >= 15 is 0 Å². The van der Waals surface area contributed by atoms with E-state index in [0.29, 0.717) is 24.4 Å². The van der Waals surface area contributed by atoms with Crippen LogP contribution in [0.15, 0.2) is 22.8 Å². The maximum atomic E-state index is 12.2. The fourth-order valence-corrected chi connectivity index (χ4v) is 3.75. The Morgan fingerprint density at radius 2 is 2.32 bits per heavy atom. The van der Waals surface area contributed by atoms with E-state index < -0.39 is 0 Å². The number of nitrogens with zero attached hydrogens (tertiary/aromatic N) is 1. The van der Waals surface area contributed by atoms with Gasteiger partial charge in [0.2, 0.25) is 5.91 Å². The highest BCUT2D eigenvalue weighted by atomic mass is 79.9. The van der Waals surface area contributed by atoms with E-state index in [0.717, 1.165) is 29.4 Å². The number of nitrogens with two attached hydrogens (primary N) is 1. The van der Waals surface area contributed by atoms with Gasteiger partial charge in [0, 0.05) is 22.6 Å². The van der Waals surface area contributed by atoms with Gasteiger partial charge < -0.3 is 11.1 Å². The molecule has 1 unspecified atom stereocenters. The van der Waals surface area contributed by atoms with Crippen LogP contribution in [-0.2, 0) is 11.3 Å². The number of aromatic nitrogens is 1. The van der Waals surface area contributed by atoms with Crippen molar-refractivity contribution in [1.29, 1.82) is 0 Å². The molecular weight excluding hydrogens is 306 g/mol. The van der Waals surface area contributed by atoms with E-state index in [1.54, 1.807) is 6.20 Å². The first kappa shape index (κ1) is 13.1. The van der Waals surface area contributed by atoms with Crippen molar-refractivity contribution in [2.45, 2.75) is 31.8 Å². The smallest absolute Gasteiger partial charge is 0.223 e. The third-order valence-corrected chi connectivity index (χ3v) is 5.23. The van der Waals surface area contributed by atoms with Gasteiger partial charge in [-0.15, -0.1) is 0 Å². The number of pyridine rings is 1. The lowest BCUT2D eigenvalue weighted by Gasteiger charge is -2.37. The summed E-state index contributed by atoms with van der Waals surface area (Å²) < 4.78 is 0.934. The summed E-state index contributed by atoms with van der Waals surface area (Å²) in [5.74, 6) is 1.56. The second kappa shape index (κ2) is 5.21. The fourth-order valence-electron chi connectivity index (χ4n) is 3.36. The molecule has 3 rings (SSSR count). The summed E-state index contributed by atoms with van der Waals surface area (Å²) in [5.41, 5.74) is 6.83. The van der Waals surface area contributed by atoms with Crippen molar-refractivity contribution in [2.75, 3.05) is 0 Å². The molecular formula is C14H18BrN3O. The van der Waals surface area contributed by atoms with Gasteiger partial charge in [-0.05, 0) is 59.2 Å². The molecule has 2 fully saturated rings. The fraction of sp³-hybridized carbons (Fsp3) is 0.571. The maximum Gasteiger partial charge on any atom is 0.223 e. The Labute approximate surface area is 121 Å². The third kappa shape index (κ3) is 2.54. The van der Waals surface area contributed by atoms with Crippen molar-refractivity contribution >= 4 is 21.8 Å². The number of carbonyl (C=O) groups excluding carboxylic acids is 1. The van der Waals surface area contributed by atoms with Crippen molar-refractivity contribution in [3.05, 3.63) is 28.5 Å². The van der Waals surface area contributed by atoms with Gasteiger partial charge in [0.1, 0.15) is 0 Å². The van der Waals surface area contributed by atoms with E-state index in [1.807, 2.05) is 12.1 Å². The highest BCUT2D eigenvalue weighted by molar-refractivity contribution is 9.10.